The number of benzene rings is 1. The van der Waals surface area contributed by atoms with Crippen LogP contribution in [0.3, 0.4) is 0 Å². The lowest BCUT2D eigenvalue weighted by Gasteiger charge is -2.20. The van der Waals surface area contributed by atoms with Crippen molar-refractivity contribution in [3.63, 3.8) is 0 Å². The summed E-state index contributed by atoms with van der Waals surface area (Å²) in [5.74, 6) is -0.657. The van der Waals surface area contributed by atoms with Crippen molar-refractivity contribution in [1.82, 2.24) is 10.2 Å². The Hall–Kier alpha value is -1.91. The summed E-state index contributed by atoms with van der Waals surface area (Å²) in [7, 11) is 0. The average molecular weight is 280 g/mol. The fourth-order valence-corrected chi connectivity index (χ4v) is 1.80. The SMILES string of the molecule is CCCNC(=O)CN(CCc1ccccc1F)C(C)=O. The van der Waals surface area contributed by atoms with Gasteiger partial charge in [0.25, 0.3) is 0 Å². The van der Waals surface area contributed by atoms with Gasteiger partial charge < -0.3 is 10.2 Å². The second-order valence-corrected chi connectivity index (χ2v) is 4.63. The van der Waals surface area contributed by atoms with Crippen molar-refractivity contribution in [3.8, 4) is 0 Å². The predicted octanol–water partition coefficient (Wildman–Crippen LogP) is 1.74. The van der Waals surface area contributed by atoms with Gasteiger partial charge in [-0.25, -0.2) is 4.39 Å². The van der Waals surface area contributed by atoms with Crippen molar-refractivity contribution < 1.29 is 14.0 Å². The molecule has 0 aliphatic rings. The number of carbonyl (C=O) groups is 2. The Kier molecular flexibility index (Phi) is 6.70. The van der Waals surface area contributed by atoms with Gasteiger partial charge in [-0.3, -0.25) is 9.59 Å². The van der Waals surface area contributed by atoms with Crippen molar-refractivity contribution >= 4 is 11.8 Å². The molecule has 0 bridgehead atoms. The highest BCUT2D eigenvalue weighted by molar-refractivity contribution is 5.83. The van der Waals surface area contributed by atoms with Crippen LogP contribution in [0.1, 0.15) is 25.8 Å². The lowest BCUT2D eigenvalue weighted by atomic mass is 10.1. The average Bonchev–Trinajstić information content (AvgIpc) is 2.42. The molecule has 0 spiro atoms. The number of hydrogen-bond donors (Lipinski definition) is 1. The zero-order valence-corrected chi connectivity index (χ0v) is 12.0. The van der Waals surface area contributed by atoms with E-state index in [1.165, 1.54) is 17.9 Å². The minimum atomic E-state index is -0.286. The minimum absolute atomic E-state index is 0.0176. The number of hydrogen-bond acceptors (Lipinski definition) is 2. The fourth-order valence-electron chi connectivity index (χ4n) is 1.80. The lowest BCUT2D eigenvalue weighted by Crippen LogP contribution is -2.41. The molecule has 0 radical (unpaired) electrons. The molecule has 0 unspecified atom stereocenters. The summed E-state index contributed by atoms with van der Waals surface area (Å²) in [6.07, 6.45) is 1.24. The molecule has 0 aliphatic heterocycles. The molecule has 0 aliphatic carbocycles. The number of rotatable bonds is 7. The van der Waals surface area contributed by atoms with Crippen LogP contribution in [-0.2, 0) is 16.0 Å². The third kappa shape index (κ3) is 5.38. The van der Waals surface area contributed by atoms with Gasteiger partial charge in [0.2, 0.25) is 11.8 Å². The van der Waals surface area contributed by atoms with Crippen molar-refractivity contribution in [2.24, 2.45) is 0 Å². The molecular weight excluding hydrogens is 259 g/mol. The van der Waals surface area contributed by atoms with Gasteiger partial charge in [0, 0.05) is 20.0 Å². The van der Waals surface area contributed by atoms with Crippen LogP contribution in [0.25, 0.3) is 0 Å². The highest BCUT2D eigenvalue weighted by Gasteiger charge is 2.13. The molecule has 1 aromatic rings. The Balaban J connectivity index is 2.53. The number of halogens is 1. The second kappa shape index (κ2) is 8.30. The Morgan fingerprint density at radius 2 is 2.00 bits per heavy atom. The largest absolute Gasteiger partial charge is 0.355 e. The van der Waals surface area contributed by atoms with Crippen molar-refractivity contribution in [1.29, 1.82) is 0 Å². The van der Waals surface area contributed by atoms with E-state index >= 15 is 0 Å². The van der Waals surface area contributed by atoms with E-state index in [1.807, 2.05) is 6.92 Å². The van der Waals surface area contributed by atoms with E-state index in [4.69, 9.17) is 0 Å². The molecule has 0 heterocycles. The molecule has 2 amide bonds. The van der Waals surface area contributed by atoms with Crippen molar-refractivity contribution in [3.05, 3.63) is 35.6 Å². The maximum atomic E-state index is 13.5. The van der Waals surface area contributed by atoms with Gasteiger partial charge in [0.1, 0.15) is 5.82 Å². The fraction of sp³-hybridized carbons (Fsp3) is 0.467. The molecule has 1 N–H and O–H groups in total. The summed E-state index contributed by atoms with van der Waals surface area (Å²) in [4.78, 5) is 24.6. The van der Waals surface area contributed by atoms with E-state index in [-0.39, 0.29) is 24.2 Å². The highest BCUT2D eigenvalue weighted by atomic mass is 19.1. The standard InChI is InChI=1S/C15H21FN2O2/c1-3-9-17-15(20)11-18(12(2)19)10-8-13-6-4-5-7-14(13)16/h4-7H,3,8-11H2,1-2H3,(H,17,20). The molecule has 20 heavy (non-hydrogen) atoms. The highest BCUT2D eigenvalue weighted by Crippen LogP contribution is 2.08. The van der Waals surface area contributed by atoms with Gasteiger partial charge in [-0.1, -0.05) is 25.1 Å². The quantitative estimate of drug-likeness (QED) is 0.827. The van der Waals surface area contributed by atoms with E-state index in [9.17, 15) is 14.0 Å². The Morgan fingerprint density at radius 1 is 1.30 bits per heavy atom. The molecule has 1 aromatic carbocycles. The summed E-state index contributed by atoms with van der Waals surface area (Å²) >= 11 is 0. The first-order valence-electron chi connectivity index (χ1n) is 6.80. The normalized spacial score (nSPS) is 10.2. The van der Waals surface area contributed by atoms with Gasteiger partial charge in [0.15, 0.2) is 0 Å². The molecule has 5 heteroatoms. The number of nitrogens with zero attached hydrogens (tertiary/aromatic N) is 1. The van der Waals surface area contributed by atoms with E-state index in [0.717, 1.165) is 6.42 Å². The summed E-state index contributed by atoms with van der Waals surface area (Å²) in [6.45, 7) is 4.31. The number of nitrogens with one attached hydrogen (secondary N) is 1. The first-order valence-corrected chi connectivity index (χ1v) is 6.80. The lowest BCUT2D eigenvalue weighted by molar-refractivity contribution is -0.134. The predicted molar refractivity (Wildman–Crippen MR) is 75.7 cm³/mol. The number of carbonyl (C=O) groups excluding carboxylic acids is 2. The molecule has 1 rings (SSSR count). The van der Waals surface area contributed by atoms with Gasteiger partial charge >= 0.3 is 0 Å². The molecule has 110 valence electrons. The summed E-state index contributed by atoms with van der Waals surface area (Å²) in [5.41, 5.74) is 0.549. The van der Waals surface area contributed by atoms with Crippen LogP contribution in [0.4, 0.5) is 4.39 Å². The van der Waals surface area contributed by atoms with Crippen LogP contribution in [0.5, 0.6) is 0 Å². The van der Waals surface area contributed by atoms with Crippen LogP contribution in [0.2, 0.25) is 0 Å². The molecule has 0 saturated heterocycles. The Bertz CT molecular complexity index is 463. The van der Waals surface area contributed by atoms with E-state index in [1.54, 1.807) is 18.2 Å². The summed E-state index contributed by atoms with van der Waals surface area (Å²) < 4.78 is 13.5. The van der Waals surface area contributed by atoms with Crippen LogP contribution >= 0.6 is 0 Å². The molecule has 0 aromatic heterocycles. The summed E-state index contributed by atoms with van der Waals surface area (Å²) in [6, 6.07) is 6.45. The van der Waals surface area contributed by atoms with Gasteiger partial charge in [0.05, 0.1) is 6.54 Å². The van der Waals surface area contributed by atoms with E-state index < -0.39 is 0 Å². The maximum Gasteiger partial charge on any atom is 0.239 e. The maximum absolute atomic E-state index is 13.5. The third-order valence-corrected chi connectivity index (χ3v) is 2.96. The first-order chi connectivity index (χ1) is 9.54. The van der Waals surface area contributed by atoms with Gasteiger partial charge in [-0.2, -0.15) is 0 Å². The van der Waals surface area contributed by atoms with Crippen LogP contribution in [0.15, 0.2) is 24.3 Å². The zero-order valence-electron chi connectivity index (χ0n) is 12.0. The molecule has 0 fully saturated rings. The minimum Gasteiger partial charge on any atom is -0.355 e. The smallest absolute Gasteiger partial charge is 0.239 e. The first kappa shape index (κ1) is 16.1. The van der Waals surface area contributed by atoms with Crippen LogP contribution in [0, 0.1) is 5.82 Å². The third-order valence-electron chi connectivity index (χ3n) is 2.96. The summed E-state index contributed by atoms with van der Waals surface area (Å²) in [5, 5.41) is 2.72. The topological polar surface area (TPSA) is 49.4 Å². The molecule has 0 saturated carbocycles. The Labute approximate surface area is 119 Å². The Morgan fingerprint density at radius 3 is 2.60 bits per heavy atom. The van der Waals surface area contributed by atoms with E-state index in [2.05, 4.69) is 5.32 Å². The van der Waals surface area contributed by atoms with E-state index in [0.29, 0.717) is 25.1 Å². The molecule has 4 nitrogen and oxygen atoms in total. The van der Waals surface area contributed by atoms with Crippen LogP contribution in [-0.4, -0.2) is 36.3 Å². The van der Waals surface area contributed by atoms with Crippen molar-refractivity contribution in [2.75, 3.05) is 19.6 Å². The second-order valence-electron chi connectivity index (χ2n) is 4.63. The molecule has 0 atom stereocenters. The van der Waals surface area contributed by atoms with Gasteiger partial charge in [-0.05, 0) is 24.5 Å². The van der Waals surface area contributed by atoms with Crippen LogP contribution < -0.4 is 5.32 Å². The monoisotopic (exact) mass is 280 g/mol. The number of amides is 2. The zero-order chi connectivity index (χ0) is 15.0. The van der Waals surface area contributed by atoms with Gasteiger partial charge in [-0.15, -0.1) is 0 Å². The van der Waals surface area contributed by atoms with Crippen molar-refractivity contribution in [2.45, 2.75) is 26.7 Å². The molecular formula is C15H21FN2O2.